The Morgan fingerprint density at radius 3 is 1.36 bits per heavy atom. The van der Waals surface area contributed by atoms with E-state index in [2.05, 4.69) is 39.0 Å². The summed E-state index contributed by atoms with van der Waals surface area (Å²) in [6.45, 7) is 6.38. The van der Waals surface area contributed by atoms with Gasteiger partial charge in [-0.15, -0.1) is 0 Å². The number of nitrogens with zero attached hydrogens (tertiary/aromatic N) is 1. The highest BCUT2D eigenvalue weighted by Crippen LogP contribution is 2.06. The zero-order valence-electron chi connectivity index (χ0n) is 8.35. The second-order valence-electron chi connectivity index (χ2n) is 2.96. The second kappa shape index (κ2) is 6.28. The molecule has 0 atom stereocenters. The molecule has 0 unspecified atom stereocenters. The molecule has 0 aromatic heterocycles. The van der Waals surface area contributed by atoms with Crippen LogP contribution in [0.2, 0.25) is 0 Å². The minimum atomic E-state index is -2.64. The largest absolute Gasteiger partial charge is 0.338 e. The summed E-state index contributed by atoms with van der Waals surface area (Å²) < 4.78 is 19.7. The fraction of sp³-hybridized carbons (Fsp3) is 0.333. The Labute approximate surface area is 84.9 Å². The Balaban J connectivity index is 0.000000292. The third kappa shape index (κ3) is 6.33. The molecule has 4 nitrogen and oxygen atoms in total. The van der Waals surface area contributed by atoms with Crippen LogP contribution in [0.25, 0.3) is 0 Å². The Morgan fingerprint density at radius 1 is 1.00 bits per heavy atom. The predicted molar refractivity (Wildman–Crippen MR) is 53.8 cm³/mol. The van der Waals surface area contributed by atoms with E-state index in [0.29, 0.717) is 0 Å². The van der Waals surface area contributed by atoms with Gasteiger partial charge in [-0.1, -0.05) is 34.9 Å². The van der Waals surface area contributed by atoms with Crippen molar-refractivity contribution in [3.8, 4) is 0 Å². The molecular weight excluding hydrogens is 202 g/mol. The van der Waals surface area contributed by atoms with Crippen LogP contribution in [-0.4, -0.2) is 13.6 Å². The second-order valence-corrected chi connectivity index (χ2v) is 3.56. The Morgan fingerprint density at radius 2 is 1.21 bits per heavy atom. The van der Waals surface area contributed by atoms with Crippen molar-refractivity contribution in [3.63, 3.8) is 0 Å². The lowest BCUT2D eigenvalue weighted by Crippen LogP contribution is -1.78. The van der Waals surface area contributed by atoms with Crippen molar-refractivity contribution >= 4 is 10.5 Å². The summed E-state index contributed by atoms with van der Waals surface area (Å²) in [5.74, 6) is 0. The number of aryl methyl sites for hydroxylation is 3. The number of hydrogen-bond donors (Lipinski definition) is 1. The third-order valence-corrected chi connectivity index (χ3v) is 1.57. The topological polar surface area (TPSA) is 66.7 Å². The van der Waals surface area contributed by atoms with Gasteiger partial charge in [0.25, 0.3) is 0 Å². The predicted octanol–water partition coefficient (Wildman–Crippen LogP) is 2.05. The number of rotatable bonds is 0. The quantitative estimate of drug-likeness (QED) is 0.673. The van der Waals surface area contributed by atoms with Crippen LogP contribution >= 0.6 is 0 Å². The van der Waals surface area contributed by atoms with Gasteiger partial charge >= 0.3 is 10.5 Å². The molecule has 0 fully saturated rings. The van der Waals surface area contributed by atoms with Crippen molar-refractivity contribution in [2.24, 2.45) is 4.53 Å². The van der Waals surface area contributed by atoms with Crippen molar-refractivity contribution < 1.29 is 13.6 Å². The molecule has 5 heteroatoms. The van der Waals surface area contributed by atoms with Gasteiger partial charge in [0.05, 0.1) is 0 Å². The van der Waals surface area contributed by atoms with E-state index in [-0.39, 0.29) is 0 Å². The van der Waals surface area contributed by atoms with Gasteiger partial charge in [0.2, 0.25) is 0 Å². The highest BCUT2D eigenvalue weighted by Gasteiger charge is 1.87. The third-order valence-electron chi connectivity index (χ3n) is 1.43. The smallest absolute Gasteiger partial charge is 0.253 e. The van der Waals surface area contributed by atoms with Gasteiger partial charge < -0.3 is 0 Å². The van der Waals surface area contributed by atoms with Gasteiger partial charge in [-0.25, -0.2) is 0 Å². The van der Waals surface area contributed by atoms with Crippen molar-refractivity contribution in [1.82, 2.24) is 0 Å². The zero-order chi connectivity index (χ0) is 11.1. The van der Waals surface area contributed by atoms with E-state index in [0.717, 1.165) is 0 Å². The SMILES string of the molecule is Cc1cc(C)cc(C)c1.O=S(=O)=NO. The first kappa shape index (κ1) is 12.8. The van der Waals surface area contributed by atoms with Gasteiger partial charge in [-0.05, 0) is 25.3 Å². The summed E-state index contributed by atoms with van der Waals surface area (Å²) >= 11 is 0. The molecule has 0 aliphatic rings. The van der Waals surface area contributed by atoms with Crippen LogP contribution < -0.4 is 0 Å². The van der Waals surface area contributed by atoms with Crippen molar-refractivity contribution in [1.29, 1.82) is 0 Å². The summed E-state index contributed by atoms with van der Waals surface area (Å²) in [5.41, 5.74) is 4.06. The standard InChI is InChI=1S/C9H12.HNO3S/c1-7-4-8(2)6-9(3)5-7;2-1-5(3)4/h4-6H,1-3H3;2H. The van der Waals surface area contributed by atoms with Crippen LogP contribution in [0.5, 0.6) is 0 Å². The minimum Gasteiger partial charge on any atom is -0.253 e. The molecule has 78 valence electrons. The van der Waals surface area contributed by atoms with Crippen LogP contribution in [0.4, 0.5) is 0 Å². The summed E-state index contributed by atoms with van der Waals surface area (Å²) in [6.07, 6.45) is 0. The van der Waals surface area contributed by atoms with E-state index in [4.69, 9.17) is 13.6 Å². The van der Waals surface area contributed by atoms with Crippen LogP contribution in [-0.2, 0) is 10.5 Å². The van der Waals surface area contributed by atoms with Crippen molar-refractivity contribution in [2.75, 3.05) is 0 Å². The average molecular weight is 215 g/mol. The average Bonchev–Trinajstić information content (AvgIpc) is 2.02. The Bertz CT molecular complexity index is 365. The minimum absolute atomic E-state index is 1.35. The van der Waals surface area contributed by atoms with Crippen LogP contribution in [0.3, 0.4) is 0 Å². The van der Waals surface area contributed by atoms with E-state index >= 15 is 0 Å². The molecule has 0 spiro atoms. The fourth-order valence-electron chi connectivity index (χ4n) is 1.20. The molecule has 0 radical (unpaired) electrons. The summed E-state index contributed by atoms with van der Waals surface area (Å²) in [5, 5.41) is 7.16. The summed E-state index contributed by atoms with van der Waals surface area (Å²) in [4.78, 5) is 0. The number of hydrogen-bond acceptors (Lipinski definition) is 3. The molecule has 1 rings (SSSR count). The van der Waals surface area contributed by atoms with Gasteiger partial charge in [0, 0.05) is 0 Å². The lowest BCUT2D eigenvalue weighted by atomic mass is 10.1. The van der Waals surface area contributed by atoms with Crippen LogP contribution in [0, 0.1) is 20.8 Å². The highest BCUT2D eigenvalue weighted by atomic mass is 32.2. The lowest BCUT2D eigenvalue weighted by molar-refractivity contribution is 0.324. The summed E-state index contributed by atoms with van der Waals surface area (Å²) in [7, 11) is -2.64. The van der Waals surface area contributed by atoms with E-state index in [1.165, 1.54) is 16.7 Å². The highest BCUT2D eigenvalue weighted by molar-refractivity contribution is 7.61. The normalized spacial score (nSPS) is 8.57. The zero-order valence-corrected chi connectivity index (χ0v) is 9.17. The Hall–Kier alpha value is -1.20. The van der Waals surface area contributed by atoms with Crippen molar-refractivity contribution in [2.45, 2.75) is 20.8 Å². The van der Waals surface area contributed by atoms with Crippen LogP contribution in [0.15, 0.2) is 22.7 Å². The van der Waals surface area contributed by atoms with Gasteiger partial charge in [-0.3, -0.25) is 5.21 Å². The van der Waals surface area contributed by atoms with Gasteiger partial charge in [-0.2, -0.15) is 8.42 Å². The van der Waals surface area contributed by atoms with Crippen molar-refractivity contribution in [3.05, 3.63) is 34.9 Å². The first-order chi connectivity index (χ1) is 6.45. The fourth-order valence-corrected chi connectivity index (χ4v) is 1.20. The van der Waals surface area contributed by atoms with Gasteiger partial charge in [0.15, 0.2) is 0 Å². The van der Waals surface area contributed by atoms with E-state index in [9.17, 15) is 0 Å². The molecule has 0 saturated carbocycles. The molecule has 0 aliphatic heterocycles. The molecule has 1 aromatic rings. The monoisotopic (exact) mass is 215 g/mol. The molecule has 1 N–H and O–H groups in total. The van der Waals surface area contributed by atoms with Gasteiger partial charge in [0.1, 0.15) is 0 Å². The molecular formula is C9H13NO3S. The maximum Gasteiger partial charge on any atom is 0.338 e. The maximum atomic E-state index is 8.95. The van der Waals surface area contributed by atoms with E-state index in [1.807, 2.05) is 0 Å². The summed E-state index contributed by atoms with van der Waals surface area (Å²) in [6, 6.07) is 6.56. The number of benzene rings is 1. The first-order valence-corrected chi connectivity index (χ1v) is 4.98. The lowest BCUT2D eigenvalue weighted by Gasteiger charge is -1.96. The molecule has 0 amide bonds. The van der Waals surface area contributed by atoms with E-state index in [1.54, 1.807) is 4.53 Å². The molecule has 0 bridgehead atoms. The first-order valence-electron chi connectivity index (χ1n) is 3.95. The molecule has 14 heavy (non-hydrogen) atoms. The van der Waals surface area contributed by atoms with Crippen LogP contribution in [0.1, 0.15) is 16.7 Å². The molecule has 1 aromatic carbocycles. The molecule has 0 saturated heterocycles. The maximum absolute atomic E-state index is 8.95. The van der Waals surface area contributed by atoms with E-state index < -0.39 is 10.5 Å². The molecule has 0 aliphatic carbocycles. The Kier molecular flexibility index (Phi) is 5.74. The molecule has 0 heterocycles.